The second-order valence-corrected chi connectivity index (χ2v) is 3.87. The molecule has 0 aliphatic rings. The summed E-state index contributed by atoms with van der Waals surface area (Å²) in [5.74, 6) is -1.44. The molecule has 0 amide bonds. The number of nitrogens with one attached hydrogen (secondary N) is 1. The predicted octanol–water partition coefficient (Wildman–Crippen LogP) is 1.49. The quantitative estimate of drug-likeness (QED) is 0.764. The summed E-state index contributed by atoms with van der Waals surface area (Å²) in [7, 11) is 0. The van der Waals surface area contributed by atoms with Crippen molar-refractivity contribution in [2.24, 2.45) is 0 Å². The minimum Gasteiger partial charge on any atom is -0.506 e. The van der Waals surface area contributed by atoms with Gasteiger partial charge in [0.2, 0.25) is 0 Å². The molecular weight excluding hydrogens is 260 g/mol. The third-order valence-corrected chi connectivity index (χ3v) is 2.58. The summed E-state index contributed by atoms with van der Waals surface area (Å²) >= 11 is 5.73. The van der Waals surface area contributed by atoms with Gasteiger partial charge in [-0.25, -0.2) is 9.89 Å². The van der Waals surface area contributed by atoms with Crippen LogP contribution in [0.25, 0.3) is 11.3 Å². The van der Waals surface area contributed by atoms with Crippen LogP contribution in [-0.4, -0.2) is 26.4 Å². The number of nitrogens with zero attached hydrogens (tertiary/aromatic N) is 1. The SMILES string of the molecule is O=C(O)c1cc(-c2ccc(O)c(Cl)c2)n[nH]c1=O. The van der Waals surface area contributed by atoms with Crippen LogP contribution in [0.5, 0.6) is 5.75 Å². The lowest BCUT2D eigenvalue weighted by Gasteiger charge is -2.03. The van der Waals surface area contributed by atoms with Gasteiger partial charge in [0.25, 0.3) is 5.56 Å². The molecule has 7 heteroatoms. The maximum Gasteiger partial charge on any atom is 0.341 e. The Morgan fingerprint density at radius 2 is 2.06 bits per heavy atom. The van der Waals surface area contributed by atoms with E-state index in [0.717, 1.165) is 6.07 Å². The molecule has 0 bridgehead atoms. The van der Waals surface area contributed by atoms with Gasteiger partial charge in [0.15, 0.2) is 0 Å². The zero-order chi connectivity index (χ0) is 13.3. The molecule has 0 atom stereocenters. The van der Waals surface area contributed by atoms with Gasteiger partial charge >= 0.3 is 5.97 Å². The van der Waals surface area contributed by atoms with Gasteiger partial charge in [0.1, 0.15) is 11.3 Å². The van der Waals surface area contributed by atoms with Crippen molar-refractivity contribution in [3.05, 3.63) is 45.2 Å². The Hall–Kier alpha value is -2.34. The van der Waals surface area contributed by atoms with Crippen molar-refractivity contribution in [1.82, 2.24) is 10.2 Å². The lowest BCUT2D eigenvalue weighted by Crippen LogP contribution is -2.18. The molecule has 0 unspecified atom stereocenters. The average Bonchev–Trinajstić information content (AvgIpc) is 2.33. The van der Waals surface area contributed by atoms with Crippen molar-refractivity contribution < 1.29 is 15.0 Å². The van der Waals surface area contributed by atoms with Gasteiger partial charge in [-0.2, -0.15) is 5.10 Å². The van der Waals surface area contributed by atoms with E-state index < -0.39 is 17.1 Å². The van der Waals surface area contributed by atoms with E-state index in [1.807, 2.05) is 0 Å². The van der Waals surface area contributed by atoms with Gasteiger partial charge in [-0.3, -0.25) is 4.79 Å². The molecule has 0 saturated heterocycles. The van der Waals surface area contributed by atoms with Crippen molar-refractivity contribution in [2.45, 2.75) is 0 Å². The average molecular weight is 267 g/mol. The summed E-state index contributed by atoms with van der Waals surface area (Å²) in [5.41, 5.74) is -0.467. The predicted molar refractivity (Wildman–Crippen MR) is 63.9 cm³/mol. The normalized spacial score (nSPS) is 10.3. The molecule has 1 heterocycles. The maximum absolute atomic E-state index is 11.2. The smallest absolute Gasteiger partial charge is 0.341 e. The van der Waals surface area contributed by atoms with Crippen molar-refractivity contribution in [1.29, 1.82) is 0 Å². The highest BCUT2D eigenvalue weighted by Crippen LogP contribution is 2.28. The number of phenolic OH excluding ortho intramolecular Hbond substituents is 1. The first-order valence-corrected chi connectivity index (χ1v) is 5.19. The van der Waals surface area contributed by atoms with Gasteiger partial charge in [0.05, 0.1) is 10.7 Å². The number of aromatic carboxylic acids is 1. The van der Waals surface area contributed by atoms with Crippen molar-refractivity contribution in [3.8, 4) is 17.0 Å². The molecule has 0 spiro atoms. The number of halogens is 1. The zero-order valence-corrected chi connectivity index (χ0v) is 9.60. The van der Waals surface area contributed by atoms with E-state index in [2.05, 4.69) is 10.2 Å². The van der Waals surface area contributed by atoms with E-state index in [1.54, 1.807) is 0 Å². The van der Waals surface area contributed by atoms with Gasteiger partial charge < -0.3 is 10.2 Å². The number of carboxylic acids is 1. The zero-order valence-electron chi connectivity index (χ0n) is 8.85. The summed E-state index contributed by atoms with van der Waals surface area (Å²) in [6.07, 6.45) is 0. The first-order chi connectivity index (χ1) is 8.49. The van der Waals surface area contributed by atoms with Crippen LogP contribution < -0.4 is 5.56 Å². The fourth-order valence-corrected chi connectivity index (χ4v) is 1.56. The lowest BCUT2D eigenvalue weighted by atomic mass is 10.1. The highest BCUT2D eigenvalue weighted by molar-refractivity contribution is 6.32. The molecule has 1 aromatic heterocycles. The third-order valence-electron chi connectivity index (χ3n) is 2.28. The van der Waals surface area contributed by atoms with Crippen LogP contribution in [0, 0.1) is 0 Å². The second kappa shape index (κ2) is 4.50. The Bertz CT molecular complexity index is 681. The van der Waals surface area contributed by atoms with E-state index in [-0.39, 0.29) is 16.5 Å². The number of carbonyl (C=O) groups is 1. The Morgan fingerprint density at radius 3 is 2.67 bits per heavy atom. The number of hydrogen-bond donors (Lipinski definition) is 3. The fraction of sp³-hybridized carbons (Fsp3) is 0. The van der Waals surface area contributed by atoms with Gasteiger partial charge in [-0.05, 0) is 24.3 Å². The van der Waals surface area contributed by atoms with Gasteiger partial charge in [-0.15, -0.1) is 0 Å². The fourth-order valence-electron chi connectivity index (χ4n) is 1.38. The summed E-state index contributed by atoms with van der Waals surface area (Å²) in [5, 5.41) is 24.0. The van der Waals surface area contributed by atoms with Crippen LogP contribution >= 0.6 is 11.6 Å². The Balaban J connectivity index is 2.57. The Kier molecular flexibility index (Phi) is 3.03. The Labute approximate surface area is 105 Å². The summed E-state index contributed by atoms with van der Waals surface area (Å²) in [6, 6.07) is 5.42. The molecular formula is C11H7ClN2O4. The third kappa shape index (κ3) is 2.18. The monoisotopic (exact) mass is 266 g/mol. The Morgan fingerprint density at radius 1 is 1.33 bits per heavy atom. The summed E-state index contributed by atoms with van der Waals surface area (Å²) in [6.45, 7) is 0. The number of carboxylic acid groups (broad SMARTS) is 1. The maximum atomic E-state index is 11.2. The molecule has 0 saturated carbocycles. The minimum absolute atomic E-state index is 0.0942. The number of aromatic hydroxyl groups is 1. The van der Waals surface area contributed by atoms with Crippen molar-refractivity contribution in [3.63, 3.8) is 0 Å². The van der Waals surface area contributed by atoms with Crippen LogP contribution in [0.4, 0.5) is 0 Å². The number of H-pyrrole nitrogens is 1. The molecule has 1 aromatic carbocycles. The van der Waals surface area contributed by atoms with Crippen LogP contribution in [-0.2, 0) is 0 Å². The number of rotatable bonds is 2. The molecule has 6 nitrogen and oxygen atoms in total. The molecule has 3 N–H and O–H groups in total. The van der Waals surface area contributed by atoms with Crippen LogP contribution in [0.3, 0.4) is 0 Å². The largest absolute Gasteiger partial charge is 0.506 e. The number of benzene rings is 1. The molecule has 0 fully saturated rings. The van der Waals surface area contributed by atoms with Crippen molar-refractivity contribution >= 4 is 17.6 Å². The van der Waals surface area contributed by atoms with E-state index in [9.17, 15) is 14.7 Å². The minimum atomic E-state index is -1.34. The molecule has 0 aliphatic carbocycles. The first-order valence-electron chi connectivity index (χ1n) is 4.81. The number of aromatic nitrogens is 2. The van der Waals surface area contributed by atoms with Crippen LogP contribution in [0.1, 0.15) is 10.4 Å². The molecule has 0 radical (unpaired) electrons. The highest BCUT2D eigenvalue weighted by atomic mass is 35.5. The summed E-state index contributed by atoms with van der Waals surface area (Å²) < 4.78 is 0. The first kappa shape index (κ1) is 12.1. The molecule has 2 rings (SSSR count). The standard InChI is InChI=1S/C11H7ClN2O4/c12-7-3-5(1-2-9(7)15)8-4-6(11(17)18)10(16)14-13-8/h1-4,15H,(H,14,16)(H,17,18). The van der Waals surface area contributed by atoms with E-state index >= 15 is 0 Å². The van der Waals surface area contributed by atoms with E-state index in [4.69, 9.17) is 16.7 Å². The highest BCUT2D eigenvalue weighted by Gasteiger charge is 2.12. The topological polar surface area (TPSA) is 103 Å². The van der Waals surface area contributed by atoms with Crippen LogP contribution in [0.2, 0.25) is 5.02 Å². The number of aromatic amines is 1. The summed E-state index contributed by atoms with van der Waals surface area (Å²) in [4.78, 5) is 22.0. The van der Waals surface area contributed by atoms with Gasteiger partial charge in [0, 0.05) is 5.56 Å². The van der Waals surface area contributed by atoms with E-state index in [1.165, 1.54) is 18.2 Å². The van der Waals surface area contributed by atoms with Crippen molar-refractivity contribution in [2.75, 3.05) is 0 Å². The molecule has 0 aliphatic heterocycles. The van der Waals surface area contributed by atoms with E-state index in [0.29, 0.717) is 5.56 Å². The molecule has 92 valence electrons. The second-order valence-electron chi connectivity index (χ2n) is 3.47. The molecule has 2 aromatic rings. The van der Waals surface area contributed by atoms with Gasteiger partial charge in [-0.1, -0.05) is 11.6 Å². The number of phenols is 1. The number of hydrogen-bond acceptors (Lipinski definition) is 4. The van der Waals surface area contributed by atoms with Crippen LogP contribution in [0.15, 0.2) is 29.1 Å². The lowest BCUT2D eigenvalue weighted by molar-refractivity contribution is 0.0694. The molecule has 18 heavy (non-hydrogen) atoms.